The quantitative estimate of drug-likeness (QED) is 0.828. The van der Waals surface area contributed by atoms with Crippen LogP contribution >= 0.6 is 11.8 Å². The summed E-state index contributed by atoms with van der Waals surface area (Å²) in [5.41, 5.74) is 1.19. The highest BCUT2D eigenvalue weighted by molar-refractivity contribution is 8.00. The number of halogens is 1. The van der Waals surface area contributed by atoms with E-state index in [9.17, 15) is 9.90 Å². The van der Waals surface area contributed by atoms with Gasteiger partial charge in [0.2, 0.25) is 0 Å². The Morgan fingerprint density at radius 2 is 1.73 bits per heavy atom. The average molecular weight is 320 g/mol. The lowest BCUT2D eigenvalue weighted by Crippen LogP contribution is -2.38. The molecule has 0 spiro atoms. The summed E-state index contributed by atoms with van der Waals surface area (Å²) in [6, 6.07) is 17.5. The summed E-state index contributed by atoms with van der Waals surface area (Å²) in [7, 11) is 1.11. The van der Waals surface area contributed by atoms with Crippen LogP contribution < -0.4 is 0 Å². The van der Waals surface area contributed by atoms with Crippen LogP contribution in [0.1, 0.15) is 17.2 Å². The van der Waals surface area contributed by atoms with Crippen molar-refractivity contribution in [3.05, 3.63) is 71.8 Å². The van der Waals surface area contributed by atoms with Gasteiger partial charge in [-0.15, -0.1) is 11.8 Å². The second-order valence-corrected chi connectivity index (χ2v) is 5.90. The molecule has 0 amide bonds. The molecule has 2 rings (SSSR count). The number of carbonyl (C=O) groups is 1. The van der Waals surface area contributed by atoms with Crippen molar-refractivity contribution in [3.63, 3.8) is 0 Å². The van der Waals surface area contributed by atoms with Crippen molar-refractivity contribution in [2.45, 2.75) is 16.9 Å². The van der Waals surface area contributed by atoms with Crippen LogP contribution in [0.25, 0.3) is 0 Å². The molecule has 0 bridgehead atoms. The van der Waals surface area contributed by atoms with Gasteiger partial charge < -0.3 is 9.84 Å². The van der Waals surface area contributed by atoms with Gasteiger partial charge in [-0.2, -0.15) is 0 Å². The fourth-order valence-electron chi connectivity index (χ4n) is 2.00. The number of benzene rings is 2. The van der Waals surface area contributed by atoms with Gasteiger partial charge in [0.25, 0.3) is 5.00 Å². The van der Waals surface area contributed by atoms with Crippen LogP contribution in [0.3, 0.4) is 0 Å². The number of esters is 1. The Bertz CT molecular complexity index is 606. The molecule has 1 N–H and O–H groups in total. The molecular formula is C17H17FO3S. The lowest BCUT2D eigenvalue weighted by Gasteiger charge is -2.27. The third kappa shape index (κ3) is 3.67. The molecule has 0 aliphatic heterocycles. The molecule has 2 aromatic carbocycles. The molecule has 0 aliphatic rings. The summed E-state index contributed by atoms with van der Waals surface area (Å²) in [5, 5.41) is 7.76. The molecule has 0 radical (unpaired) electrons. The van der Waals surface area contributed by atoms with E-state index in [0.717, 1.165) is 24.4 Å². The van der Waals surface area contributed by atoms with Crippen molar-refractivity contribution in [3.8, 4) is 0 Å². The number of aliphatic hydroxyl groups is 1. The molecule has 5 heteroatoms. The van der Waals surface area contributed by atoms with Crippen molar-refractivity contribution < 1.29 is 19.0 Å². The normalized spacial score (nSPS) is 14.9. The fraction of sp³-hybridized carbons (Fsp3) is 0.235. The van der Waals surface area contributed by atoms with Crippen LogP contribution in [0.15, 0.2) is 60.7 Å². The third-order valence-electron chi connectivity index (χ3n) is 3.22. The second kappa shape index (κ2) is 7.42. The maximum absolute atomic E-state index is 15.2. The summed E-state index contributed by atoms with van der Waals surface area (Å²) in [5.74, 6) is -0.846. The van der Waals surface area contributed by atoms with E-state index in [1.54, 1.807) is 30.3 Å². The van der Waals surface area contributed by atoms with Crippen LogP contribution in [0, 0.1) is 0 Å². The van der Waals surface area contributed by atoms with Crippen LogP contribution in [-0.4, -0.2) is 23.2 Å². The number of methoxy groups -OCH3 is 1. The van der Waals surface area contributed by atoms with Crippen molar-refractivity contribution in [1.82, 2.24) is 0 Å². The van der Waals surface area contributed by atoms with E-state index < -0.39 is 17.1 Å². The first-order valence-electron chi connectivity index (χ1n) is 6.76. The lowest BCUT2D eigenvalue weighted by atomic mass is 10.1. The van der Waals surface area contributed by atoms with Gasteiger partial charge in [0.1, 0.15) is 6.10 Å². The monoisotopic (exact) mass is 320 g/mol. The molecule has 2 aromatic rings. The number of rotatable bonds is 6. The van der Waals surface area contributed by atoms with Crippen molar-refractivity contribution in [1.29, 1.82) is 0 Å². The first-order chi connectivity index (χ1) is 10.6. The Hall–Kier alpha value is -1.85. The van der Waals surface area contributed by atoms with Gasteiger partial charge in [0.15, 0.2) is 0 Å². The first-order valence-corrected chi connectivity index (χ1v) is 7.74. The third-order valence-corrected chi connectivity index (χ3v) is 4.51. The standard InChI is InChI=1S/C17H17FO3S/c1-21-16(20)17(18,15(19)14-10-6-3-7-11-14)22-12-13-8-4-2-5-9-13/h2-11,15,19H,12H2,1H3/t15-,17+/m1/s1. The number of thioether (sulfide) groups is 1. The number of aliphatic hydroxyl groups excluding tert-OH is 1. The molecule has 116 valence electrons. The number of alkyl halides is 1. The fourth-order valence-corrected chi connectivity index (χ4v) is 3.07. The Morgan fingerprint density at radius 3 is 2.27 bits per heavy atom. The molecule has 0 aromatic heterocycles. The largest absolute Gasteiger partial charge is 0.466 e. The molecule has 0 fully saturated rings. The van der Waals surface area contributed by atoms with E-state index in [0.29, 0.717) is 5.56 Å². The Balaban J connectivity index is 2.22. The Kier molecular flexibility index (Phi) is 5.57. The number of ether oxygens (including phenoxy) is 1. The lowest BCUT2D eigenvalue weighted by molar-refractivity contribution is -0.154. The molecule has 0 saturated carbocycles. The van der Waals surface area contributed by atoms with E-state index in [1.807, 2.05) is 30.3 Å². The topological polar surface area (TPSA) is 46.5 Å². The Labute approximate surface area is 133 Å². The number of hydrogen-bond donors (Lipinski definition) is 1. The average Bonchev–Trinajstić information content (AvgIpc) is 2.60. The summed E-state index contributed by atoms with van der Waals surface area (Å²) in [4.78, 5) is 11.9. The van der Waals surface area contributed by atoms with E-state index in [-0.39, 0.29) is 5.75 Å². The minimum Gasteiger partial charge on any atom is -0.466 e. The molecule has 22 heavy (non-hydrogen) atoms. The Morgan fingerprint density at radius 1 is 1.18 bits per heavy atom. The van der Waals surface area contributed by atoms with Gasteiger partial charge in [0.05, 0.1) is 7.11 Å². The summed E-state index contributed by atoms with van der Waals surface area (Å²) in [6.07, 6.45) is -1.60. The van der Waals surface area contributed by atoms with E-state index in [4.69, 9.17) is 0 Å². The van der Waals surface area contributed by atoms with E-state index in [1.165, 1.54) is 0 Å². The van der Waals surface area contributed by atoms with Gasteiger partial charge >= 0.3 is 5.97 Å². The summed E-state index contributed by atoms with van der Waals surface area (Å²) in [6.45, 7) is 0. The molecule has 0 unspecified atom stereocenters. The summed E-state index contributed by atoms with van der Waals surface area (Å²) < 4.78 is 19.7. The molecule has 3 nitrogen and oxygen atoms in total. The zero-order chi connectivity index (χ0) is 16.0. The SMILES string of the molecule is COC(=O)[C@@](F)(SCc1ccccc1)[C@H](O)c1ccccc1. The van der Waals surface area contributed by atoms with Crippen molar-refractivity contribution in [2.24, 2.45) is 0 Å². The van der Waals surface area contributed by atoms with Gasteiger partial charge in [-0.25, -0.2) is 9.18 Å². The number of carbonyl (C=O) groups excluding carboxylic acids is 1. The number of hydrogen-bond acceptors (Lipinski definition) is 4. The predicted octanol–water partition coefficient (Wildman–Crippen LogP) is 3.49. The van der Waals surface area contributed by atoms with Gasteiger partial charge in [-0.1, -0.05) is 60.7 Å². The van der Waals surface area contributed by atoms with Crippen LogP contribution in [-0.2, 0) is 15.3 Å². The highest BCUT2D eigenvalue weighted by Crippen LogP contribution is 2.42. The minimum atomic E-state index is -2.56. The molecule has 2 atom stereocenters. The smallest absolute Gasteiger partial charge is 0.357 e. The second-order valence-electron chi connectivity index (χ2n) is 4.72. The molecule has 0 saturated heterocycles. The highest BCUT2D eigenvalue weighted by atomic mass is 32.2. The molecule has 0 aliphatic carbocycles. The highest BCUT2D eigenvalue weighted by Gasteiger charge is 2.48. The van der Waals surface area contributed by atoms with E-state index in [2.05, 4.69) is 4.74 Å². The zero-order valence-corrected chi connectivity index (χ0v) is 12.9. The first kappa shape index (κ1) is 16.5. The molecule has 0 heterocycles. The van der Waals surface area contributed by atoms with Gasteiger partial charge in [-0.3, -0.25) is 0 Å². The maximum Gasteiger partial charge on any atom is 0.357 e. The predicted molar refractivity (Wildman–Crippen MR) is 85.0 cm³/mol. The van der Waals surface area contributed by atoms with Crippen molar-refractivity contribution >= 4 is 17.7 Å². The van der Waals surface area contributed by atoms with E-state index >= 15 is 4.39 Å². The van der Waals surface area contributed by atoms with Crippen molar-refractivity contribution in [2.75, 3.05) is 7.11 Å². The molecular weight excluding hydrogens is 303 g/mol. The van der Waals surface area contributed by atoms with Crippen LogP contribution in [0.2, 0.25) is 0 Å². The maximum atomic E-state index is 15.2. The van der Waals surface area contributed by atoms with Crippen LogP contribution in [0.4, 0.5) is 4.39 Å². The van der Waals surface area contributed by atoms with Crippen LogP contribution in [0.5, 0.6) is 0 Å². The van der Waals surface area contributed by atoms with Gasteiger partial charge in [0, 0.05) is 5.75 Å². The minimum absolute atomic E-state index is 0.246. The van der Waals surface area contributed by atoms with Gasteiger partial charge in [-0.05, 0) is 11.1 Å². The summed E-state index contributed by atoms with van der Waals surface area (Å²) >= 11 is 0.721. The zero-order valence-electron chi connectivity index (χ0n) is 12.1.